The van der Waals surface area contributed by atoms with Gasteiger partial charge >= 0.3 is 17.9 Å². The predicted molar refractivity (Wildman–Crippen MR) is 289 cm³/mol. The van der Waals surface area contributed by atoms with E-state index >= 15 is 0 Å². The van der Waals surface area contributed by atoms with Crippen molar-refractivity contribution in [1.82, 2.24) is 0 Å². The summed E-state index contributed by atoms with van der Waals surface area (Å²) in [6, 6.07) is 0. The molecule has 67 heavy (non-hydrogen) atoms. The Hall–Kier alpha value is -2.63. The highest BCUT2D eigenvalue weighted by Crippen LogP contribution is 2.16. The second-order valence-electron chi connectivity index (χ2n) is 19.6. The van der Waals surface area contributed by atoms with Gasteiger partial charge in [0.25, 0.3) is 0 Å². The van der Waals surface area contributed by atoms with Gasteiger partial charge in [-0.25, -0.2) is 0 Å². The third-order valence-electron chi connectivity index (χ3n) is 12.8. The number of esters is 3. The van der Waals surface area contributed by atoms with Crippen LogP contribution in [0.3, 0.4) is 0 Å². The van der Waals surface area contributed by atoms with E-state index < -0.39 is 6.10 Å². The monoisotopic (exact) mass is 939 g/mol. The normalized spacial score (nSPS) is 12.3. The molecule has 0 fully saturated rings. The Morgan fingerprint density at radius 1 is 0.299 bits per heavy atom. The first-order chi connectivity index (χ1) is 33.0. The van der Waals surface area contributed by atoms with Gasteiger partial charge in [0.2, 0.25) is 0 Å². The maximum absolute atomic E-state index is 12.9. The molecule has 0 heterocycles. The number of carbonyl (C=O) groups excluding carboxylic acids is 3. The molecular formula is C61H110O6. The molecule has 0 amide bonds. The number of unbranched alkanes of at least 4 members (excludes halogenated alkanes) is 34. The Balaban J connectivity index is 4.36. The van der Waals surface area contributed by atoms with Gasteiger partial charge in [-0.1, -0.05) is 256 Å². The molecule has 0 aromatic heterocycles. The number of carbonyl (C=O) groups is 3. The van der Waals surface area contributed by atoms with Crippen molar-refractivity contribution >= 4 is 17.9 Å². The van der Waals surface area contributed by atoms with Crippen LogP contribution in [0.5, 0.6) is 0 Å². The molecule has 0 rings (SSSR count). The maximum Gasteiger partial charge on any atom is 0.306 e. The Labute approximate surface area is 416 Å². The smallest absolute Gasteiger partial charge is 0.306 e. The molecule has 0 spiro atoms. The standard InChI is InChI=1S/C61H110O6/c1-4-7-10-13-16-19-22-25-28-30-32-33-36-39-42-45-48-51-54-60(63)66-57-58(56-65-59(62)53-50-47-44-41-38-35-27-24-21-18-15-12-9-6-3)67-61(64)55-52-49-46-43-40-37-34-31-29-26-23-20-17-14-11-8-5-2/h15,17-18,20,24,26-27,29,58H,4-14,16,19,21-23,25,28,30-57H2,1-3H3/b18-15-,20-17-,27-24-,29-26-. The van der Waals surface area contributed by atoms with Crippen LogP contribution in [-0.4, -0.2) is 37.2 Å². The van der Waals surface area contributed by atoms with Crippen molar-refractivity contribution in [1.29, 1.82) is 0 Å². The molecule has 6 nitrogen and oxygen atoms in total. The Kier molecular flexibility index (Phi) is 53.8. The zero-order valence-corrected chi connectivity index (χ0v) is 44.7. The summed E-state index contributed by atoms with van der Waals surface area (Å²) in [4.78, 5) is 38.2. The van der Waals surface area contributed by atoms with E-state index in [1.807, 2.05) is 0 Å². The van der Waals surface area contributed by atoms with Crippen LogP contribution in [0.1, 0.15) is 303 Å². The van der Waals surface area contributed by atoms with E-state index in [1.54, 1.807) is 0 Å². The molecule has 0 aromatic rings. The van der Waals surface area contributed by atoms with Crippen molar-refractivity contribution in [2.75, 3.05) is 13.2 Å². The van der Waals surface area contributed by atoms with Crippen molar-refractivity contribution in [2.45, 2.75) is 309 Å². The molecule has 6 heteroatoms. The minimum atomic E-state index is -0.781. The van der Waals surface area contributed by atoms with Crippen molar-refractivity contribution in [2.24, 2.45) is 0 Å². The van der Waals surface area contributed by atoms with E-state index in [0.29, 0.717) is 19.3 Å². The fraction of sp³-hybridized carbons (Fsp3) is 0.820. The Morgan fingerprint density at radius 3 is 0.896 bits per heavy atom. The van der Waals surface area contributed by atoms with E-state index in [1.165, 1.54) is 173 Å². The van der Waals surface area contributed by atoms with Gasteiger partial charge < -0.3 is 14.2 Å². The van der Waals surface area contributed by atoms with Crippen LogP contribution in [0.2, 0.25) is 0 Å². The van der Waals surface area contributed by atoms with Crippen LogP contribution in [-0.2, 0) is 28.6 Å². The molecular weight excluding hydrogens is 829 g/mol. The second-order valence-corrected chi connectivity index (χ2v) is 19.6. The summed E-state index contributed by atoms with van der Waals surface area (Å²) in [5.74, 6) is -0.885. The van der Waals surface area contributed by atoms with Gasteiger partial charge in [-0.3, -0.25) is 14.4 Å². The van der Waals surface area contributed by atoms with E-state index in [-0.39, 0.29) is 31.1 Å². The van der Waals surface area contributed by atoms with E-state index in [0.717, 1.165) is 89.9 Å². The number of allylic oxidation sites excluding steroid dienone is 8. The average molecular weight is 940 g/mol. The van der Waals surface area contributed by atoms with Crippen molar-refractivity contribution in [3.63, 3.8) is 0 Å². The zero-order valence-electron chi connectivity index (χ0n) is 44.7. The van der Waals surface area contributed by atoms with Gasteiger partial charge in [0.05, 0.1) is 0 Å². The predicted octanol–water partition coefficient (Wildman–Crippen LogP) is 19.4. The summed E-state index contributed by atoms with van der Waals surface area (Å²) in [7, 11) is 0. The molecule has 1 atom stereocenters. The zero-order chi connectivity index (χ0) is 48.6. The summed E-state index contributed by atoms with van der Waals surface area (Å²) >= 11 is 0. The first kappa shape index (κ1) is 64.4. The highest BCUT2D eigenvalue weighted by atomic mass is 16.6. The molecule has 0 bridgehead atoms. The molecule has 1 unspecified atom stereocenters. The van der Waals surface area contributed by atoms with Gasteiger partial charge in [0.1, 0.15) is 13.2 Å². The minimum absolute atomic E-state index is 0.0779. The van der Waals surface area contributed by atoms with Gasteiger partial charge in [-0.15, -0.1) is 0 Å². The third-order valence-corrected chi connectivity index (χ3v) is 12.8. The van der Waals surface area contributed by atoms with Crippen LogP contribution in [0.15, 0.2) is 48.6 Å². The van der Waals surface area contributed by atoms with E-state index in [9.17, 15) is 14.4 Å². The number of rotatable bonds is 53. The van der Waals surface area contributed by atoms with Gasteiger partial charge in [-0.2, -0.15) is 0 Å². The summed E-state index contributed by atoms with van der Waals surface area (Å²) in [5.41, 5.74) is 0. The molecule has 0 saturated heterocycles. The van der Waals surface area contributed by atoms with Gasteiger partial charge in [0.15, 0.2) is 6.10 Å². The topological polar surface area (TPSA) is 78.9 Å². The van der Waals surface area contributed by atoms with Crippen LogP contribution in [0.4, 0.5) is 0 Å². The summed E-state index contributed by atoms with van der Waals surface area (Å²) in [6.45, 7) is 6.59. The molecule has 0 aromatic carbocycles. The lowest BCUT2D eigenvalue weighted by Crippen LogP contribution is -2.30. The van der Waals surface area contributed by atoms with Crippen LogP contribution in [0.25, 0.3) is 0 Å². The molecule has 390 valence electrons. The lowest BCUT2D eigenvalue weighted by atomic mass is 10.0. The van der Waals surface area contributed by atoms with Crippen molar-refractivity contribution < 1.29 is 28.6 Å². The molecule has 0 aliphatic heterocycles. The van der Waals surface area contributed by atoms with Gasteiger partial charge in [-0.05, 0) is 77.0 Å². The first-order valence-electron chi connectivity index (χ1n) is 29.1. The lowest BCUT2D eigenvalue weighted by Gasteiger charge is -2.18. The molecule has 0 saturated carbocycles. The minimum Gasteiger partial charge on any atom is -0.462 e. The van der Waals surface area contributed by atoms with Crippen LogP contribution < -0.4 is 0 Å². The Bertz CT molecular complexity index is 1170. The molecule has 0 N–H and O–H groups in total. The van der Waals surface area contributed by atoms with Gasteiger partial charge in [0, 0.05) is 19.3 Å². The molecule has 0 aliphatic rings. The highest BCUT2D eigenvalue weighted by molar-refractivity contribution is 5.71. The summed E-state index contributed by atoms with van der Waals surface area (Å²) in [6.07, 6.45) is 68.1. The Morgan fingerprint density at radius 2 is 0.552 bits per heavy atom. The summed E-state index contributed by atoms with van der Waals surface area (Å²) < 4.78 is 16.9. The quantitative estimate of drug-likeness (QED) is 0.0262. The first-order valence-corrected chi connectivity index (χ1v) is 29.1. The third kappa shape index (κ3) is 54.2. The maximum atomic E-state index is 12.9. The van der Waals surface area contributed by atoms with Crippen molar-refractivity contribution in [3.8, 4) is 0 Å². The van der Waals surface area contributed by atoms with Crippen molar-refractivity contribution in [3.05, 3.63) is 48.6 Å². The molecule has 0 radical (unpaired) electrons. The fourth-order valence-electron chi connectivity index (χ4n) is 8.37. The van der Waals surface area contributed by atoms with E-state index in [2.05, 4.69) is 69.4 Å². The summed E-state index contributed by atoms with van der Waals surface area (Å²) in [5, 5.41) is 0. The second kappa shape index (κ2) is 56.0. The van der Waals surface area contributed by atoms with Crippen LogP contribution >= 0.6 is 0 Å². The largest absolute Gasteiger partial charge is 0.462 e. The highest BCUT2D eigenvalue weighted by Gasteiger charge is 2.19. The number of hydrogen-bond acceptors (Lipinski definition) is 6. The number of ether oxygens (including phenoxy) is 3. The van der Waals surface area contributed by atoms with E-state index in [4.69, 9.17) is 14.2 Å². The average Bonchev–Trinajstić information content (AvgIpc) is 3.33. The fourth-order valence-corrected chi connectivity index (χ4v) is 8.37. The van der Waals surface area contributed by atoms with Crippen LogP contribution in [0, 0.1) is 0 Å². The number of hydrogen-bond donors (Lipinski definition) is 0. The lowest BCUT2D eigenvalue weighted by molar-refractivity contribution is -0.167. The molecule has 0 aliphatic carbocycles. The SMILES string of the molecule is CCCC/C=C\C/C=C\CCCCCCCC(=O)OCC(COC(=O)CCCCCCCCCCCCCCCCCCCC)OC(=O)CCCCCCCCC/C=C\C/C=C\CCCCC.